The van der Waals surface area contributed by atoms with Crippen LogP contribution in [0.3, 0.4) is 0 Å². The Bertz CT molecular complexity index is 193. The summed E-state index contributed by atoms with van der Waals surface area (Å²) in [5.74, 6) is 0.396. The van der Waals surface area contributed by atoms with Crippen LogP contribution in [0.2, 0.25) is 0 Å². The third-order valence-electron chi connectivity index (χ3n) is 2.15. The molecule has 48 valence electrons. The molecule has 0 spiro atoms. The molecule has 0 aromatic heterocycles. The van der Waals surface area contributed by atoms with Crippen molar-refractivity contribution in [1.82, 2.24) is 0 Å². The number of carbonyl (C=O) groups is 1. The van der Waals surface area contributed by atoms with Crippen LogP contribution in [0, 0.1) is 0 Å². The lowest BCUT2D eigenvalue weighted by Gasteiger charge is -1.84. The monoisotopic (exact) mass is 124 g/mol. The van der Waals surface area contributed by atoms with Crippen molar-refractivity contribution in [3.63, 3.8) is 0 Å². The van der Waals surface area contributed by atoms with Crippen LogP contribution in [-0.2, 0) is 4.79 Å². The van der Waals surface area contributed by atoms with E-state index in [1.807, 2.05) is 0 Å². The molecule has 2 heteroatoms. The van der Waals surface area contributed by atoms with Crippen molar-refractivity contribution >= 4 is 11.5 Å². The van der Waals surface area contributed by atoms with Gasteiger partial charge in [0.2, 0.25) is 11.5 Å². The highest BCUT2D eigenvalue weighted by atomic mass is 16.1. The average molecular weight is 124 g/mol. The molecule has 0 atom stereocenters. The molecule has 2 heterocycles. The maximum absolute atomic E-state index is 11.0. The first kappa shape index (κ1) is 5.15. The van der Waals surface area contributed by atoms with Crippen LogP contribution < -0.4 is 0 Å². The Morgan fingerprint density at radius 2 is 2.11 bits per heavy atom. The molecule has 0 amide bonds. The molecule has 0 aromatic carbocycles. The Morgan fingerprint density at radius 3 is 2.89 bits per heavy atom. The lowest BCUT2D eigenvalue weighted by molar-refractivity contribution is -0.512. The fraction of sp³-hybridized carbons (Fsp3) is 0.714. The number of nitrogens with zero attached hydrogens (tertiary/aromatic N) is 1. The zero-order chi connectivity index (χ0) is 6.27. The molecule has 0 fully saturated rings. The van der Waals surface area contributed by atoms with Gasteiger partial charge in [0, 0.05) is 12.8 Å². The van der Waals surface area contributed by atoms with Gasteiger partial charge in [-0.3, -0.25) is 4.79 Å². The smallest absolute Gasteiger partial charge is 0.227 e. The first-order valence-electron chi connectivity index (χ1n) is 3.52. The van der Waals surface area contributed by atoms with E-state index in [-0.39, 0.29) is 0 Å². The standard InChI is InChI=1S/C7H10NO/c9-7-3-5-8-4-1-2-6(7)8/h1-5H2/q+1. The molecular formula is C7H10NO+. The molecule has 2 aliphatic rings. The second-order valence-electron chi connectivity index (χ2n) is 2.71. The number of hydrogen-bond donors (Lipinski definition) is 0. The number of carbonyl (C=O) groups excluding carboxylic acids is 1. The van der Waals surface area contributed by atoms with Crippen LogP contribution in [0.1, 0.15) is 19.3 Å². The van der Waals surface area contributed by atoms with Gasteiger partial charge in [-0.05, 0) is 0 Å². The van der Waals surface area contributed by atoms with Crippen LogP contribution in [0.4, 0.5) is 0 Å². The van der Waals surface area contributed by atoms with E-state index >= 15 is 0 Å². The Labute approximate surface area is 54.2 Å². The van der Waals surface area contributed by atoms with E-state index in [9.17, 15) is 4.79 Å². The molecule has 0 N–H and O–H groups in total. The fourth-order valence-corrected chi connectivity index (χ4v) is 1.67. The third-order valence-corrected chi connectivity index (χ3v) is 2.15. The van der Waals surface area contributed by atoms with Crippen molar-refractivity contribution in [2.24, 2.45) is 0 Å². The van der Waals surface area contributed by atoms with E-state index < -0.39 is 0 Å². The molecule has 0 aliphatic carbocycles. The summed E-state index contributed by atoms with van der Waals surface area (Å²) in [6.07, 6.45) is 3.01. The predicted octanol–water partition coefficient (Wildman–Crippen LogP) is 0.206. The highest BCUT2D eigenvalue weighted by Crippen LogP contribution is 2.12. The number of ketones is 1. The summed E-state index contributed by atoms with van der Waals surface area (Å²) in [5, 5.41) is 0. The van der Waals surface area contributed by atoms with Crippen LogP contribution in [0.25, 0.3) is 0 Å². The molecule has 2 rings (SSSR count). The van der Waals surface area contributed by atoms with Crippen molar-refractivity contribution < 1.29 is 9.37 Å². The van der Waals surface area contributed by atoms with Gasteiger partial charge in [0.15, 0.2) is 6.54 Å². The largest absolute Gasteiger partial charge is 0.288 e. The second-order valence-corrected chi connectivity index (χ2v) is 2.71. The number of hydrogen-bond acceptors (Lipinski definition) is 1. The third kappa shape index (κ3) is 0.622. The van der Waals surface area contributed by atoms with Gasteiger partial charge in [-0.2, -0.15) is 0 Å². The van der Waals surface area contributed by atoms with Gasteiger partial charge >= 0.3 is 0 Å². The quantitative estimate of drug-likeness (QED) is 0.422. The van der Waals surface area contributed by atoms with Crippen LogP contribution in [0.15, 0.2) is 0 Å². The summed E-state index contributed by atoms with van der Waals surface area (Å²) in [7, 11) is 0. The van der Waals surface area contributed by atoms with E-state index in [0.29, 0.717) is 5.78 Å². The summed E-state index contributed by atoms with van der Waals surface area (Å²) in [5.41, 5.74) is 1.11. The molecule has 0 radical (unpaired) electrons. The minimum Gasteiger partial charge on any atom is -0.288 e. The molecule has 0 bridgehead atoms. The summed E-state index contributed by atoms with van der Waals surface area (Å²) in [4.78, 5) is 11.0. The molecule has 2 aliphatic heterocycles. The molecule has 0 saturated heterocycles. The van der Waals surface area contributed by atoms with Crippen LogP contribution in [-0.4, -0.2) is 29.2 Å². The Kier molecular flexibility index (Phi) is 0.949. The molecular weight excluding hydrogens is 114 g/mol. The predicted molar refractivity (Wildman–Crippen MR) is 33.9 cm³/mol. The van der Waals surface area contributed by atoms with Crippen molar-refractivity contribution in [3.05, 3.63) is 0 Å². The van der Waals surface area contributed by atoms with Gasteiger partial charge in [0.25, 0.3) is 0 Å². The van der Waals surface area contributed by atoms with Crippen molar-refractivity contribution in [3.8, 4) is 0 Å². The summed E-state index contributed by atoms with van der Waals surface area (Å²) in [6.45, 7) is 2.12. The maximum atomic E-state index is 11.0. The lowest BCUT2D eigenvalue weighted by atomic mass is 10.1. The van der Waals surface area contributed by atoms with Gasteiger partial charge < -0.3 is 0 Å². The van der Waals surface area contributed by atoms with Crippen molar-refractivity contribution in [2.75, 3.05) is 13.1 Å². The van der Waals surface area contributed by atoms with E-state index in [4.69, 9.17) is 0 Å². The maximum Gasteiger partial charge on any atom is 0.227 e. The van der Waals surface area contributed by atoms with Gasteiger partial charge in [-0.25, -0.2) is 4.58 Å². The Balaban J connectivity index is 2.34. The fourth-order valence-electron chi connectivity index (χ4n) is 1.67. The molecule has 0 unspecified atom stereocenters. The van der Waals surface area contributed by atoms with Crippen LogP contribution in [0.5, 0.6) is 0 Å². The summed E-state index contributed by atoms with van der Waals surface area (Å²) < 4.78 is 2.22. The van der Waals surface area contributed by atoms with Gasteiger partial charge in [-0.1, -0.05) is 0 Å². The minimum atomic E-state index is 0.396. The molecule has 0 aromatic rings. The Hall–Kier alpha value is -0.660. The summed E-state index contributed by atoms with van der Waals surface area (Å²) >= 11 is 0. The first-order valence-corrected chi connectivity index (χ1v) is 3.52. The SMILES string of the molecule is O=C1CC[N+]2=C1CCC2. The highest BCUT2D eigenvalue weighted by molar-refractivity contribution is 6.38. The molecule has 9 heavy (non-hydrogen) atoms. The first-order chi connectivity index (χ1) is 4.38. The lowest BCUT2D eigenvalue weighted by Crippen LogP contribution is -2.10. The minimum absolute atomic E-state index is 0.396. The van der Waals surface area contributed by atoms with E-state index in [1.165, 1.54) is 6.42 Å². The topological polar surface area (TPSA) is 20.1 Å². The zero-order valence-corrected chi connectivity index (χ0v) is 5.39. The summed E-state index contributed by atoms with van der Waals surface area (Å²) in [6, 6.07) is 0. The normalized spacial score (nSPS) is 25.6. The van der Waals surface area contributed by atoms with E-state index in [0.717, 1.165) is 31.6 Å². The Morgan fingerprint density at radius 1 is 1.22 bits per heavy atom. The van der Waals surface area contributed by atoms with Crippen LogP contribution >= 0.6 is 0 Å². The molecule has 2 nitrogen and oxygen atoms in total. The second kappa shape index (κ2) is 1.66. The average Bonchev–Trinajstić information content (AvgIpc) is 2.35. The van der Waals surface area contributed by atoms with Gasteiger partial charge in [0.05, 0.1) is 6.42 Å². The highest BCUT2D eigenvalue weighted by Gasteiger charge is 2.34. The van der Waals surface area contributed by atoms with E-state index in [1.54, 1.807) is 0 Å². The van der Waals surface area contributed by atoms with Gasteiger partial charge in [0.1, 0.15) is 6.54 Å². The van der Waals surface area contributed by atoms with Gasteiger partial charge in [-0.15, -0.1) is 0 Å². The number of rotatable bonds is 0. The molecule has 0 saturated carbocycles. The van der Waals surface area contributed by atoms with Crippen molar-refractivity contribution in [2.45, 2.75) is 19.3 Å². The zero-order valence-electron chi connectivity index (χ0n) is 5.39. The van der Waals surface area contributed by atoms with E-state index in [2.05, 4.69) is 4.58 Å². The van der Waals surface area contributed by atoms with Crippen molar-refractivity contribution in [1.29, 1.82) is 0 Å². The number of Topliss-reactive ketones (excluding diaryl/α,β-unsaturated/α-hetero) is 1.